The lowest BCUT2D eigenvalue weighted by Gasteiger charge is -2.13. The van der Waals surface area contributed by atoms with E-state index in [4.69, 9.17) is 0 Å². The zero-order chi connectivity index (χ0) is 11.2. The second-order valence-corrected chi connectivity index (χ2v) is 5.32. The Morgan fingerprint density at radius 2 is 1.62 bits per heavy atom. The zero-order valence-electron chi connectivity index (χ0n) is 10.1. The van der Waals surface area contributed by atoms with Crippen LogP contribution in [0.5, 0.6) is 0 Å². The molecule has 0 aromatic carbocycles. The molecule has 0 radical (unpaired) electrons. The molecule has 0 saturated heterocycles. The van der Waals surface area contributed by atoms with Crippen LogP contribution in [0.3, 0.4) is 0 Å². The summed E-state index contributed by atoms with van der Waals surface area (Å²) in [6.07, 6.45) is 10.4. The molecule has 0 heterocycles. The first-order valence-electron chi connectivity index (χ1n) is 6.84. The van der Waals surface area contributed by atoms with Crippen molar-refractivity contribution in [3.63, 3.8) is 0 Å². The van der Waals surface area contributed by atoms with E-state index in [-0.39, 0.29) is 5.91 Å². The number of rotatable bonds is 5. The zero-order valence-corrected chi connectivity index (χ0v) is 10.1. The molecule has 0 aromatic heterocycles. The van der Waals surface area contributed by atoms with E-state index < -0.39 is 0 Å². The summed E-state index contributed by atoms with van der Waals surface area (Å²) in [7, 11) is 0. The van der Waals surface area contributed by atoms with Crippen molar-refractivity contribution in [1.82, 2.24) is 10.6 Å². The number of hydrogen-bond acceptors (Lipinski definition) is 2. The van der Waals surface area contributed by atoms with Crippen molar-refractivity contribution in [3.8, 4) is 0 Å². The minimum atomic E-state index is 0.179. The van der Waals surface area contributed by atoms with Crippen molar-refractivity contribution in [2.24, 2.45) is 5.92 Å². The van der Waals surface area contributed by atoms with Crippen molar-refractivity contribution in [2.75, 3.05) is 13.1 Å². The van der Waals surface area contributed by atoms with Crippen molar-refractivity contribution in [3.05, 3.63) is 0 Å². The molecule has 0 unspecified atom stereocenters. The topological polar surface area (TPSA) is 41.1 Å². The summed E-state index contributed by atoms with van der Waals surface area (Å²) >= 11 is 0. The highest BCUT2D eigenvalue weighted by Crippen LogP contribution is 2.23. The maximum atomic E-state index is 11.6. The van der Waals surface area contributed by atoms with Crippen molar-refractivity contribution >= 4 is 5.91 Å². The van der Waals surface area contributed by atoms with Crippen LogP contribution in [0.1, 0.15) is 51.4 Å². The summed E-state index contributed by atoms with van der Waals surface area (Å²) in [6, 6.07) is 0.595. The van der Waals surface area contributed by atoms with E-state index in [1.54, 1.807) is 0 Å². The summed E-state index contributed by atoms with van der Waals surface area (Å²) < 4.78 is 0. The highest BCUT2D eigenvalue weighted by atomic mass is 16.1. The first-order chi connectivity index (χ1) is 7.84. The Hall–Kier alpha value is -0.570. The van der Waals surface area contributed by atoms with Gasteiger partial charge in [0.2, 0.25) is 5.91 Å². The van der Waals surface area contributed by atoms with Gasteiger partial charge in [-0.3, -0.25) is 4.79 Å². The number of hydrogen-bond donors (Lipinski definition) is 2. The monoisotopic (exact) mass is 224 g/mol. The van der Waals surface area contributed by atoms with Crippen LogP contribution in [-0.4, -0.2) is 25.0 Å². The van der Waals surface area contributed by atoms with Gasteiger partial charge in [-0.15, -0.1) is 0 Å². The highest BCUT2D eigenvalue weighted by Gasteiger charge is 2.17. The van der Waals surface area contributed by atoms with Gasteiger partial charge in [-0.05, 0) is 31.6 Å². The smallest absolute Gasteiger partial charge is 0.233 e. The normalized spacial score (nSPS) is 22.8. The Morgan fingerprint density at radius 3 is 2.31 bits per heavy atom. The van der Waals surface area contributed by atoms with Gasteiger partial charge in [-0.25, -0.2) is 0 Å². The Labute approximate surface area is 98.4 Å². The van der Waals surface area contributed by atoms with Crippen molar-refractivity contribution < 1.29 is 4.79 Å². The second kappa shape index (κ2) is 6.24. The highest BCUT2D eigenvalue weighted by molar-refractivity contribution is 5.78. The minimum absolute atomic E-state index is 0.179. The molecule has 92 valence electrons. The fourth-order valence-electron chi connectivity index (χ4n) is 2.90. The van der Waals surface area contributed by atoms with Gasteiger partial charge in [0.05, 0.1) is 6.54 Å². The molecule has 16 heavy (non-hydrogen) atoms. The number of nitrogens with one attached hydrogen (secondary N) is 2. The lowest BCUT2D eigenvalue weighted by molar-refractivity contribution is -0.120. The summed E-state index contributed by atoms with van der Waals surface area (Å²) in [6.45, 7) is 1.41. The Bertz CT molecular complexity index is 196. The lowest BCUT2D eigenvalue weighted by atomic mass is 10.1. The molecule has 0 aliphatic heterocycles. The first kappa shape index (κ1) is 11.9. The summed E-state index contributed by atoms with van der Waals surface area (Å²) in [5, 5.41) is 6.39. The average Bonchev–Trinajstić information content (AvgIpc) is 2.96. The molecule has 2 rings (SSSR count). The van der Waals surface area contributed by atoms with Crippen LogP contribution >= 0.6 is 0 Å². The Balaban J connectivity index is 1.53. The molecule has 1 amide bonds. The van der Waals surface area contributed by atoms with Gasteiger partial charge >= 0.3 is 0 Å². The van der Waals surface area contributed by atoms with Crippen LogP contribution in [0.25, 0.3) is 0 Å². The van der Waals surface area contributed by atoms with Crippen LogP contribution in [0.15, 0.2) is 0 Å². The fourth-order valence-corrected chi connectivity index (χ4v) is 2.90. The molecule has 0 bridgehead atoms. The molecule has 2 aliphatic rings. The quantitative estimate of drug-likeness (QED) is 0.748. The Morgan fingerprint density at radius 1 is 1.00 bits per heavy atom. The maximum absolute atomic E-state index is 11.6. The van der Waals surface area contributed by atoms with Crippen LogP contribution in [0, 0.1) is 5.92 Å². The van der Waals surface area contributed by atoms with Gasteiger partial charge in [-0.1, -0.05) is 25.7 Å². The third kappa shape index (κ3) is 3.78. The van der Waals surface area contributed by atoms with Gasteiger partial charge in [0.25, 0.3) is 0 Å². The van der Waals surface area contributed by atoms with Crippen LogP contribution in [-0.2, 0) is 4.79 Å². The standard InChI is InChI=1S/C13H24N2O/c16-13(10-14-12-7-3-4-8-12)15-9-11-5-1-2-6-11/h11-12,14H,1-10H2,(H,15,16). The van der Waals surface area contributed by atoms with Crippen molar-refractivity contribution in [2.45, 2.75) is 57.4 Å². The molecule has 3 nitrogen and oxygen atoms in total. The molecule has 2 aliphatic carbocycles. The predicted molar refractivity (Wildman–Crippen MR) is 65.2 cm³/mol. The molecule has 2 saturated carbocycles. The molecule has 0 spiro atoms. The predicted octanol–water partition coefficient (Wildman–Crippen LogP) is 1.82. The third-order valence-corrected chi connectivity index (χ3v) is 3.97. The van der Waals surface area contributed by atoms with Gasteiger partial charge in [0.15, 0.2) is 0 Å². The molecular formula is C13H24N2O. The van der Waals surface area contributed by atoms with E-state index in [1.165, 1.54) is 51.4 Å². The SMILES string of the molecule is O=C(CNC1CCCC1)NCC1CCCC1. The van der Waals surface area contributed by atoms with E-state index >= 15 is 0 Å². The van der Waals surface area contributed by atoms with Gasteiger partial charge < -0.3 is 10.6 Å². The number of carbonyl (C=O) groups excluding carboxylic acids is 1. The fraction of sp³-hybridized carbons (Fsp3) is 0.923. The largest absolute Gasteiger partial charge is 0.355 e. The molecule has 2 fully saturated rings. The van der Waals surface area contributed by atoms with Gasteiger partial charge in [-0.2, -0.15) is 0 Å². The molecule has 3 heteroatoms. The molecule has 2 N–H and O–H groups in total. The minimum Gasteiger partial charge on any atom is -0.355 e. The summed E-state index contributed by atoms with van der Waals surface area (Å²) in [4.78, 5) is 11.6. The first-order valence-corrected chi connectivity index (χ1v) is 6.84. The maximum Gasteiger partial charge on any atom is 0.233 e. The second-order valence-electron chi connectivity index (χ2n) is 5.32. The van der Waals surface area contributed by atoms with Gasteiger partial charge in [0, 0.05) is 12.6 Å². The van der Waals surface area contributed by atoms with E-state index in [0.29, 0.717) is 12.6 Å². The Kier molecular flexibility index (Phi) is 4.64. The van der Waals surface area contributed by atoms with E-state index in [2.05, 4.69) is 10.6 Å². The van der Waals surface area contributed by atoms with Crippen LogP contribution in [0.2, 0.25) is 0 Å². The molecule has 0 atom stereocenters. The summed E-state index contributed by atoms with van der Waals surface area (Å²) in [5.41, 5.74) is 0. The van der Waals surface area contributed by atoms with Crippen molar-refractivity contribution in [1.29, 1.82) is 0 Å². The van der Waals surface area contributed by atoms with Crippen LogP contribution in [0.4, 0.5) is 0 Å². The lowest BCUT2D eigenvalue weighted by Crippen LogP contribution is -2.39. The number of carbonyl (C=O) groups is 1. The average molecular weight is 224 g/mol. The van der Waals surface area contributed by atoms with Crippen LogP contribution < -0.4 is 10.6 Å². The van der Waals surface area contributed by atoms with Gasteiger partial charge in [0.1, 0.15) is 0 Å². The molecular weight excluding hydrogens is 200 g/mol. The van der Waals surface area contributed by atoms with E-state index in [9.17, 15) is 4.79 Å². The third-order valence-electron chi connectivity index (χ3n) is 3.97. The van der Waals surface area contributed by atoms with E-state index in [1.807, 2.05) is 0 Å². The van der Waals surface area contributed by atoms with E-state index in [0.717, 1.165) is 12.5 Å². The number of amides is 1. The molecule has 0 aromatic rings. The summed E-state index contributed by atoms with van der Waals surface area (Å²) in [5.74, 6) is 0.925.